The maximum Gasteiger partial charge on any atom is 0.409 e. The first-order valence-electron chi connectivity index (χ1n) is 5.54. The van der Waals surface area contributed by atoms with E-state index in [0.717, 1.165) is 6.42 Å². The number of nitrogens with zero attached hydrogens (tertiary/aromatic N) is 2. The van der Waals surface area contributed by atoms with E-state index in [1.54, 1.807) is 4.90 Å². The number of aliphatic hydroxyl groups is 1. The van der Waals surface area contributed by atoms with Crippen LogP contribution in [-0.2, 0) is 9.53 Å². The Hall–Kier alpha value is -1.30. The van der Waals surface area contributed by atoms with Gasteiger partial charge in [-0.2, -0.15) is 0 Å². The summed E-state index contributed by atoms with van der Waals surface area (Å²) < 4.78 is 4.84. The summed E-state index contributed by atoms with van der Waals surface area (Å²) in [6.07, 6.45) is 1.01. The second kappa shape index (κ2) is 4.69. The molecule has 0 aliphatic carbocycles. The Bertz CT molecular complexity index is 295. The Kier molecular flexibility index (Phi) is 3.28. The molecule has 2 amide bonds. The predicted octanol–water partition coefficient (Wildman–Crippen LogP) is -0.578. The number of hydrogen-bond donors (Lipinski definition) is 1. The largest absolute Gasteiger partial charge is 0.447 e. The van der Waals surface area contributed by atoms with Crippen LogP contribution in [0.15, 0.2) is 0 Å². The molecule has 0 aromatic rings. The number of fused-ring (bicyclic) bond motifs is 1. The van der Waals surface area contributed by atoms with Gasteiger partial charge in [0.25, 0.3) is 0 Å². The Balaban J connectivity index is 1.86. The molecule has 2 aliphatic rings. The van der Waals surface area contributed by atoms with Gasteiger partial charge < -0.3 is 19.6 Å². The van der Waals surface area contributed by atoms with Gasteiger partial charge in [0, 0.05) is 32.1 Å². The number of ether oxygens (including phenoxy) is 1. The summed E-state index contributed by atoms with van der Waals surface area (Å²) in [5, 5.41) is 8.55. The van der Waals surface area contributed by atoms with Crippen LogP contribution >= 0.6 is 0 Å². The molecule has 1 atom stereocenters. The number of carbonyl (C=O) groups excluding carboxylic acids is 2. The molecule has 0 aromatic carbocycles. The Morgan fingerprint density at radius 2 is 2.31 bits per heavy atom. The minimum Gasteiger partial charge on any atom is -0.447 e. The van der Waals surface area contributed by atoms with Crippen LogP contribution in [0.3, 0.4) is 0 Å². The topological polar surface area (TPSA) is 70.1 Å². The van der Waals surface area contributed by atoms with Crippen LogP contribution in [0.1, 0.15) is 12.8 Å². The molecule has 6 nitrogen and oxygen atoms in total. The van der Waals surface area contributed by atoms with Crippen molar-refractivity contribution in [2.45, 2.75) is 18.9 Å². The van der Waals surface area contributed by atoms with E-state index in [1.165, 1.54) is 0 Å². The van der Waals surface area contributed by atoms with E-state index >= 15 is 0 Å². The zero-order chi connectivity index (χ0) is 11.5. The summed E-state index contributed by atoms with van der Waals surface area (Å²) in [5.74, 6) is 0.188. The summed E-state index contributed by atoms with van der Waals surface area (Å²) >= 11 is 0. The van der Waals surface area contributed by atoms with Crippen molar-refractivity contribution in [1.29, 1.82) is 0 Å². The van der Waals surface area contributed by atoms with Gasteiger partial charge in [-0.25, -0.2) is 4.79 Å². The highest BCUT2D eigenvalue weighted by atomic mass is 16.6. The molecule has 1 N–H and O–H groups in total. The van der Waals surface area contributed by atoms with E-state index in [2.05, 4.69) is 0 Å². The Morgan fingerprint density at radius 3 is 3.06 bits per heavy atom. The normalized spacial score (nSPS) is 24.6. The van der Waals surface area contributed by atoms with Crippen molar-refractivity contribution in [3.05, 3.63) is 0 Å². The van der Waals surface area contributed by atoms with Crippen LogP contribution in [0.4, 0.5) is 4.79 Å². The molecule has 6 heteroatoms. The number of aliphatic hydroxyl groups excluding tert-OH is 1. The van der Waals surface area contributed by atoms with Gasteiger partial charge in [0.2, 0.25) is 5.91 Å². The first-order chi connectivity index (χ1) is 7.72. The van der Waals surface area contributed by atoms with Crippen molar-refractivity contribution < 1.29 is 19.4 Å². The zero-order valence-electron chi connectivity index (χ0n) is 9.09. The van der Waals surface area contributed by atoms with E-state index < -0.39 is 6.09 Å². The monoisotopic (exact) mass is 228 g/mol. The highest BCUT2D eigenvalue weighted by molar-refractivity contribution is 5.79. The molecule has 2 heterocycles. The van der Waals surface area contributed by atoms with Crippen LogP contribution in [0, 0.1) is 0 Å². The fourth-order valence-electron chi connectivity index (χ4n) is 2.25. The molecule has 0 bridgehead atoms. The quantitative estimate of drug-likeness (QED) is 0.686. The predicted molar refractivity (Wildman–Crippen MR) is 54.7 cm³/mol. The molecule has 0 radical (unpaired) electrons. The van der Waals surface area contributed by atoms with Crippen molar-refractivity contribution in [3.63, 3.8) is 0 Å². The number of amides is 2. The summed E-state index contributed by atoms with van der Waals surface area (Å²) in [7, 11) is 0. The second-order valence-corrected chi connectivity index (χ2v) is 4.06. The second-order valence-electron chi connectivity index (χ2n) is 4.06. The lowest BCUT2D eigenvalue weighted by Gasteiger charge is -2.36. The van der Waals surface area contributed by atoms with Crippen molar-refractivity contribution in [3.8, 4) is 0 Å². The lowest BCUT2D eigenvalue weighted by molar-refractivity contribution is -0.130. The van der Waals surface area contributed by atoms with Crippen molar-refractivity contribution >= 4 is 12.0 Å². The van der Waals surface area contributed by atoms with Crippen LogP contribution in [-0.4, -0.2) is 65.8 Å². The molecule has 1 unspecified atom stereocenters. The zero-order valence-corrected chi connectivity index (χ0v) is 9.09. The van der Waals surface area contributed by atoms with Gasteiger partial charge in [0.1, 0.15) is 6.61 Å². The van der Waals surface area contributed by atoms with E-state index in [0.29, 0.717) is 26.1 Å². The van der Waals surface area contributed by atoms with Crippen LogP contribution in [0.5, 0.6) is 0 Å². The van der Waals surface area contributed by atoms with E-state index in [-0.39, 0.29) is 25.2 Å². The number of hydrogen-bond acceptors (Lipinski definition) is 4. The highest BCUT2D eigenvalue weighted by Crippen LogP contribution is 2.22. The van der Waals surface area contributed by atoms with Crippen LogP contribution in [0.25, 0.3) is 0 Å². The van der Waals surface area contributed by atoms with Gasteiger partial charge in [-0.3, -0.25) is 4.79 Å². The summed E-state index contributed by atoms with van der Waals surface area (Å²) in [5.41, 5.74) is 0. The van der Waals surface area contributed by atoms with Gasteiger partial charge in [-0.15, -0.1) is 0 Å². The van der Waals surface area contributed by atoms with Gasteiger partial charge in [-0.1, -0.05) is 0 Å². The smallest absolute Gasteiger partial charge is 0.409 e. The van der Waals surface area contributed by atoms with Gasteiger partial charge in [0.15, 0.2) is 0 Å². The number of piperazine rings is 1. The minimum atomic E-state index is -0.395. The summed E-state index contributed by atoms with van der Waals surface area (Å²) in [6.45, 7) is 1.54. The van der Waals surface area contributed by atoms with Crippen molar-refractivity contribution in [2.75, 3.05) is 32.8 Å². The lowest BCUT2D eigenvalue weighted by Crippen LogP contribution is -2.53. The molecule has 0 spiro atoms. The SMILES string of the molecule is O=C(OCCO)N1CCN2C(=O)CCC2C1. The third kappa shape index (κ3) is 2.11. The highest BCUT2D eigenvalue weighted by Gasteiger charge is 2.37. The number of carbonyl (C=O) groups is 2. The third-order valence-corrected chi connectivity index (χ3v) is 3.07. The molecular weight excluding hydrogens is 212 g/mol. The average Bonchev–Trinajstić information content (AvgIpc) is 2.67. The maximum absolute atomic E-state index is 11.5. The molecule has 2 aliphatic heterocycles. The van der Waals surface area contributed by atoms with Crippen LogP contribution in [0.2, 0.25) is 0 Å². The van der Waals surface area contributed by atoms with E-state index in [1.807, 2.05) is 4.90 Å². The average molecular weight is 228 g/mol. The Morgan fingerprint density at radius 1 is 1.50 bits per heavy atom. The van der Waals surface area contributed by atoms with Crippen LogP contribution < -0.4 is 0 Å². The first-order valence-corrected chi connectivity index (χ1v) is 5.54. The molecule has 16 heavy (non-hydrogen) atoms. The van der Waals surface area contributed by atoms with Crippen molar-refractivity contribution in [1.82, 2.24) is 9.80 Å². The molecule has 0 saturated carbocycles. The summed E-state index contributed by atoms with van der Waals surface area (Å²) in [6, 6.07) is 0.155. The maximum atomic E-state index is 11.5. The molecule has 2 fully saturated rings. The van der Waals surface area contributed by atoms with E-state index in [9.17, 15) is 9.59 Å². The number of rotatable bonds is 2. The van der Waals surface area contributed by atoms with Gasteiger partial charge >= 0.3 is 6.09 Å². The lowest BCUT2D eigenvalue weighted by atomic mass is 10.2. The standard InChI is InChI=1S/C10H16N2O4/c13-5-6-16-10(15)11-3-4-12-8(7-11)1-2-9(12)14/h8,13H,1-7H2. The first kappa shape index (κ1) is 11.2. The molecule has 90 valence electrons. The fraction of sp³-hybridized carbons (Fsp3) is 0.800. The third-order valence-electron chi connectivity index (χ3n) is 3.07. The van der Waals surface area contributed by atoms with Gasteiger partial charge in [-0.05, 0) is 6.42 Å². The van der Waals surface area contributed by atoms with Crippen molar-refractivity contribution in [2.24, 2.45) is 0 Å². The summed E-state index contributed by atoms with van der Waals surface area (Å²) in [4.78, 5) is 26.4. The fourth-order valence-corrected chi connectivity index (χ4v) is 2.25. The Labute approximate surface area is 93.8 Å². The van der Waals surface area contributed by atoms with E-state index in [4.69, 9.17) is 9.84 Å². The molecule has 2 rings (SSSR count). The molecule has 0 aromatic heterocycles. The molecular formula is C10H16N2O4. The minimum absolute atomic E-state index is 0.0304. The van der Waals surface area contributed by atoms with Gasteiger partial charge in [0.05, 0.1) is 6.61 Å². The molecule has 2 saturated heterocycles.